The normalized spacial score (nSPS) is 15.8. The van der Waals surface area contributed by atoms with E-state index in [0.29, 0.717) is 17.4 Å². The quantitative estimate of drug-likeness (QED) is 0.744. The zero-order valence-electron chi connectivity index (χ0n) is 7.76. The highest BCUT2D eigenvalue weighted by Crippen LogP contribution is 2.39. The molecule has 4 nitrogen and oxygen atoms in total. The first-order chi connectivity index (χ1) is 6.22. The Labute approximate surface area is 76.3 Å². The number of oxazole rings is 1. The Balaban J connectivity index is 2.29. The maximum absolute atomic E-state index is 11.3. The molecule has 0 saturated heterocycles. The smallest absolute Gasteiger partial charge is 0.273 e. The average molecular weight is 180 g/mol. The van der Waals surface area contributed by atoms with Crippen LogP contribution in [-0.4, -0.2) is 17.9 Å². The van der Waals surface area contributed by atoms with E-state index in [4.69, 9.17) is 4.42 Å². The summed E-state index contributed by atoms with van der Waals surface area (Å²) in [7, 11) is 1.59. The summed E-state index contributed by atoms with van der Waals surface area (Å²) < 4.78 is 5.39. The number of amides is 1. The van der Waals surface area contributed by atoms with Gasteiger partial charge in [0, 0.05) is 13.0 Å². The third-order valence-electron chi connectivity index (χ3n) is 2.18. The monoisotopic (exact) mass is 180 g/mol. The zero-order chi connectivity index (χ0) is 9.42. The number of hydrogen-bond acceptors (Lipinski definition) is 3. The molecule has 1 heterocycles. The third kappa shape index (κ3) is 1.43. The van der Waals surface area contributed by atoms with Gasteiger partial charge in [0.15, 0.2) is 11.6 Å². The van der Waals surface area contributed by atoms with Crippen molar-refractivity contribution < 1.29 is 9.21 Å². The summed E-state index contributed by atoms with van der Waals surface area (Å²) in [4.78, 5) is 15.4. The van der Waals surface area contributed by atoms with Crippen LogP contribution in [-0.2, 0) is 0 Å². The first-order valence-electron chi connectivity index (χ1n) is 4.41. The van der Waals surface area contributed by atoms with Gasteiger partial charge in [0.2, 0.25) is 0 Å². The van der Waals surface area contributed by atoms with Crippen LogP contribution >= 0.6 is 0 Å². The van der Waals surface area contributed by atoms with Gasteiger partial charge in [-0.15, -0.1) is 0 Å². The highest BCUT2D eigenvalue weighted by atomic mass is 16.4. The molecule has 2 rings (SSSR count). The number of aromatic nitrogens is 1. The van der Waals surface area contributed by atoms with Crippen molar-refractivity contribution in [2.45, 2.75) is 25.7 Å². The molecule has 4 heteroatoms. The summed E-state index contributed by atoms with van der Waals surface area (Å²) in [5.74, 6) is 1.61. The van der Waals surface area contributed by atoms with E-state index >= 15 is 0 Å². The van der Waals surface area contributed by atoms with E-state index in [1.807, 2.05) is 0 Å². The van der Waals surface area contributed by atoms with Gasteiger partial charge < -0.3 is 9.73 Å². The van der Waals surface area contributed by atoms with Crippen molar-refractivity contribution in [2.75, 3.05) is 7.05 Å². The minimum atomic E-state index is -0.173. The number of carbonyl (C=O) groups excluding carboxylic acids is 1. The summed E-state index contributed by atoms with van der Waals surface area (Å²) in [6.07, 6.45) is 2.26. The van der Waals surface area contributed by atoms with Crippen LogP contribution in [0.2, 0.25) is 0 Å². The molecular formula is C9H12N2O2. The van der Waals surface area contributed by atoms with Crippen LogP contribution in [0.25, 0.3) is 0 Å². The van der Waals surface area contributed by atoms with Crippen LogP contribution < -0.4 is 5.32 Å². The van der Waals surface area contributed by atoms with Gasteiger partial charge in [0.25, 0.3) is 5.91 Å². The van der Waals surface area contributed by atoms with E-state index in [1.54, 1.807) is 14.0 Å². The molecule has 0 spiro atoms. The van der Waals surface area contributed by atoms with Gasteiger partial charge in [0.05, 0.1) is 0 Å². The van der Waals surface area contributed by atoms with Gasteiger partial charge in [-0.2, -0.15) is 0 Å². The van der Waals surface area contributed by atoms with Crippen LogP contribution in [0.5, 0.6) is 0 Å². The first-order valence-corrected chi connectivity index (χ1v) is 4.41. The van der Waals surface area contributed by atoms with Crippen LogP contribution in [0.3, 0.4) is 0 Å². The Morgan fingerprint density at radius 1 is 1.62 bits per heavy atom. The molecule has 0 bridgehead atoms. The number of nitrogens with zero attached hydrogens (tertiary/aromatic N) is 1. The summed E-state index contributed by atoms with van der Waals surface area (Å²) >= 11 is 0. The second-order valence-corrected chi connectivity index (χ2v) is 3.31. The lowest BCUT2D eigenvalue weighted by molar-refractivity contribution is 0.0957. The largest absolute Gasteiger partial charge is 0.445 e. The molecule has 0 unspecified atom stereocenters. The Hall–Kier alpha value is -1.32. The highest BCUT2D eigenvalue weighted by Gasteiger charge is 2.30. The molecule has 0 radical (unpaired) electrons. The zero-order valence-corrected chi connectivity index (χ0v) is 7.76. The minimum absolute atomic E-state index is 0.173. The van der Waals surface area contributed by atoms with Crippen LogP contribution in [0.15, 0.2) is 4.42 Å². The topological polar surface area (TPSA) is 55.1 Å². The summed E-state index contributed by atoms with van der Waals surface area (Å²) in [5.41, 5.74) is 0.421. The SMILES string of the molecule is CNC(=O)c1nc(C2CC2)oc1C. The highest BCUT2D eigenvalue weighted by molar-refractivity contribution is 5.92. The predicted octanol–water partition coefficient (Wildman–Crippen LogP) is 1.22. The van der Waals surface area contributed by atoms with Crippen molar-refractivity contribution in [3.05, 3.63) is 17.3 Å². The number of rotatable bonds is 2. The molecule has 1 amide bonds. The van der Waals surface area contributed by atoms with Crippen molar-refractivity contribution >= 4 is 5.91 Å². The fourth-order valence-electron chi connectivity index (χ4n) is 1.25. The van der Waals surface area contributed by atoms with Gasteiger partial charge in [-0.25, -0.2) is 4.98 Å². The number of hydrogen-bond donors (Lipinski definition) is 1. The number of carbonyl (C=O) groups is 1. The molecule has 1 fully saturated rings. The average Bonchev–Trinajstić information content (AvgIpc) is 2.89. The van der Waals surface area contributed by atoms with Crippen molar-refractivity contribution in [1.82, 2.24) is 10.3 Å². The molecule has 0 aromatic carbocycles. The maximum atomic E-state index is 11.3. The van der Waals surface area contributed by atoms with Gasteiger partial charge >= 0.3 is 0 Å². The Kier molecular flexibility index (Phi) is 1.83. The van der Waals surface area contributed by atoms with Gasteiger partial charge in [-0.3, -0.25) is 4.79 Å². The Morgan fingerprint density at radius 2 is 2.31 bits per heavy atom. The van der Waals surface area contributed by atoms with Gasteiger partial charge in [0.1, 0.15) is 5.76 Å². The van der Waals surface area contributed by atoms with Crippen LogP contribution in [0, 0.1) is 6.92 Å². The second-order valence-electron chi connectivity index (χ2n) is 3.31. The predicted molar refractivity (Wildman–Crippen MR) is 46.6 cm³/mol. The lowest BCUT2D eigenvalue weighted by Gasteiger charge is -1.92. The van der Waals surface area contributed by atoms with E-state index in [0.717, 1.165) is 18.7 Å². The fourth-order valence-corrected chi connectivity index (χ4v) is 1.25. The molecular weight excluding hydrogens is 168 g/mol. The second kappa shape index (κ2) is 2.87. The molecule has 1 aliphatic carbocycles. The van der Waals surface area contributed by atoms with Crippen molar-refractivity contribution in [3.63, 3.8) is 0 Å². The van der Waals surface area contributed by atoms with E-state index < -0.39 is 0 Å². The molecule has 13 heavy (non-hydrogen) atoms. The maximum Gasteiger partial charge on any atom is 0.273 e. The van der Waals surface area contributed by atoms with Crippen molar-refractivity contribution in [2.24, 2.45) is 0 Å². The summed E-state index contributed by atoms with van der Waals surface area (Å²) in [5, 5.41) is 2.53. The molecule has 0 atom stereocenters. The fraction of sp³-hybridized carbons (Fsp3) is 0.556. The molecule has 1 aromatic heterocycles. The van der Waals surface area contributed by atoms with E-state index in [-0.39, 0.29) is 5.91 Å². The third-order valence-corrected chi connectivity index (χ3v) is 2.18. The molecule has 70 valence electrons. The number of aryl methyl sites for hydroxylation is 1. The lowest BCUT2D eigenvalue weighted by Crippen LogP contribution is -2.19. The molecule has 0 aliphatic heterocycles. The Bertz CT molecular complexity index is 339. The molecule has 1 aromatic rings. The minimum Gasteiger partial charge on any atom is -0.445 e. The molecule has 1 saturated carbocycles. The van der Waals surface area contributed by atoms with Gasteiger partial charge in [-0.1, -0.05) is 0 Å². The van der Waals surface area contributed by atoms with Crippen LogP contribution in [0.4, 0.5) is 0 Å². The Morgan fingerprint density at radius 3 is 2.85 bits per heavy atom. The lowest BCUT2D eigenvalue weighted by atomic mass is 10.3. The van der Waals surface area contributed by atoms with Crippen LogP contribution in [0.1, 0.15) is 40.9 Å². The molecule has 1 N–H and O–H groups in total. The van der Waals surface area contributed by atoms with E-state index in [9.17, 15) is 4.79 Å². The summed E-state index contributed by atoms with van der Waals surface area (Å²) in [6, 6.07) is 0. The summed E-state index contributed by atoms with van der Waals surface area (Å²) in [6.45, 7) is 1.77. The van der Waals surface area contributed by atoms with E-state index in [2.05, 4.69) is 10.3 Å². The number of nitrogens with one attached hydrogen (secondary N) is 1. The van der Waals surface area contributed by atoms with Crippen molar-refractivity contribution in [3.8, 4) is 0 Å². The van der Waals surface area contributed by atoms with E-state index in [1.165, 1.54) is 0 Å². The van der Waals surface area contributed by atoms with Crippen molar-refractivity contribution in [1.29, 1.82) is 0 Å². The standard InChI is InChI=1S/C9H12N2O2/c1-5-7(8(12)10-2)11-9(13-5)6-3-4-6/h6H,3-4H2,1-2H3,(H,10,12). The first kappa shape index (κ1) is 8.29. The van der Waals surface area contributed by atoms with Gasteiger partial charge in [-0.05, 0) is 19.8 Å². The molecule has 1 aliphatic rings.